The van der Waals surface area contributed by atoms with E-state index >= 15 is 0 Å². The van der Waals surface area contributed by atoms with E-state index in [1.165, 1.54) is 16.9 Å². The molecule has 2 heterocycles. The molecule has 29 heavy (non-hydrogen) atoms. The number of nitrogens with zero attached hydrogens (tertiary/aromatic N) is 3. The van der Waals surface area contributed by atoms with Crippen molar-refractivity contribution in [1.82, 2.24) is 25.6 Å². The molecule has 3 rings (SSSR count). The first-order valence-electron chi connectivity index (χ1n) is 8.87. The number of hydrogen-bond acceptors (Lipinski definition) is 9. The summed E-state index contributed by atoms with van der Waals surface area (Å²) in [6.45, 7) is 0.148. The normalized spacial score (nSPS) is 16.7. The third-order valence-corrected chi connectivity index (χ3v) is 4.33. The Labute approximate surface area is 165 Å². The molecule has 1 aliphatic heterocycles. The highest BCUT2D eigenvalue weighted by Crippen LogP contribution is 2.30. The van der Waals surface area contributed by atoms with Gasteiger partial charge in [-0.2, -0.15) is 0 Å². The lowest BCUT2D eigenvalue weighted by atomic mass is 9.72. The topological polar surface area (TPSA) is 185 Å². The SMILES string of the molecule is NCC(O)NCc1cn(CC(=O)N[C@H]2Cc3cccc(C(=O)O)c3OB2O)nn1. The Morgan fingerprint density at radius 3 is 2.97 bits per heavy atom. The van der Waals surface area contributed by atoms with Gasteiger partial charge in [-0.1, -0.05) is 17.3 Å². The number of rotatable bonds is 8. The summed E-state index contributed by atoms with van der Waals surface area (Å²) in [6.07, 6.45) is 0.894. The van der Waals surface area contributed by atoms with E-state index in [4.69, 9.17) is 10.4 Å². The van der Waals surface area contributed by atoms with E-state index in [2.05, 4.69) is 20.9 Å². The van der Waals surface area contributed by atoms with Crippen molar-refractivity contribution >= 4 is 19.0 Å². The van der Waals surface area contributed by atoms with Crippen molar-refractivity contribution in [2.45, 2.75) is 31.7 Å². The van der Waals surface area contributed by atoms with Crippen molar-refractivity contribution in [3.63, 3.8) is 0 Å². The fourth-order valence-electron chi connectivity index (χ4n) is 2.92. The van der Waals surface area contributed by atoms with E-state index in [0.717, 1.165) is 0 Å². The highest BCUT2D eigenvalue weighted by Gasteiger charge is 2.37. The molecule has 0 aliphatic carbocycles. The molecule has 2 atom stereocenters. The van der Waals surface area contributed by atoms with Crippen molar-refractivity contribution in [3.8, 4) is 5.75 Å². The van der Waals surface area contributed by atoms with Crippen LogP contribution in [0.2, 0.25) is 0 Å². The number of amides is 1. The number of aliphatic hydroxyl groups excluding tert-OH is 1. The van der Waals surface area contributed by atoms with E-state index in [0.29, 0.717) is 11.3 Å². The number of fused-ring (bicyclic) bond motifs is 1. The summed E-state index contributed by atoms with van der Waals surface area (Å²) in [7, 11) is -1.39. The quantitative estimate of drug-likeness (QED) is 0.203. The largest absolute Gasteiger partial charge is 0.547 e. The second-order valence-electron chi connectivity index (χ2n) is 6.53. The molecule has 0 radical (unpaired) electrons. The first-order valence-corrected chi connectivity index (χ1v) is 8.87. The lowest BCUT2D eigenvalue weighted by Gasteiger charge is -2.28. The Morgan fingerprint density at radius 2 is 2.24 bits per heavy atom. The van der Waals surface area contributed by atoms with E-state index < -0.39 is 31.2 Å². The van der Waals surface area contributed by atoms with Crippen molar-refractivity contribution < 1.29 is 29.5 Å². The number of carboxylic acids is 1. The number of carbonyl (C=O) groups excluding carboxylic acids is 1. The average molecular weight is 404 g/mol. The third-order valence-electron chi connectivity index (χ3n) is 4.33. The number of para-hydroxylation sites is 1. The predicted molar refractivity (Wildman–Crippen MR) is 99.6 cm³/mol. The smallest absolute Gasteiger partial charge is 0.534 e. The maximum absolute atomic E-state index is 12.3. The summed E-state index contributed by atoms with van der Waals surface area (Å²) in [5.74, 6) is -2.23. The molecule has 1 aliphatic rings. The first-order chi connectivity index (χ1) is 13.9. The van der Waals surface area contributed by atoms with Crippen LogP contribution >= 0.6 is 0 Å². The number of hydrogen-bond donors (Lipinski definition) is 6. The summed E-state index contributed by atoms with van der Waals surface area (Å²) in [5, 5.41) is 41.9. The molecule has 13 heteroatoms. The number of aromatic carboxylic acids is 1. The number of benzene rings is 1. The fraction of sp³-hybridized carbons (Fsp3) is 0.375. The van der Waals surface area contributed by atoms with E-state index in [9.17, 15) is 24.8 Å². The molecule has 0 saturated carbocycles. The highest BCUT2D eigenvalue weighted by molar-refractivity contribution is 6.47. The molecule has 1 aromatic carbocycles. The standard InChI is InChI=1S/C16H21BN6O6/c18-5-13(24)19-6-10-7-23(22-21-10)8-14(25)20-12-4-9-2-1-3-11(16(26)27)15(9)29-17(12)28/h1-3,7,12-13,19,24,28H,4-6,8,18H2,(H,20,25)(H,26,27)/t12-,13?/m0/s1. The van der Waals surface area contributed by atoms with Crippen LogP contribution in [0, 0.1) is 0 Å². The minimum absolute atomic E-state index is 0.0464. The predicted octanol–water partition coefficient (Wildman–Crippen LogP) is -2.52. The summed E-state index contributed by atoms with van der Waals surface area (Å²) < 4.78 is 6.65. The van der Waals surface area contributed by atoms with E-state index in [-0.39, 0.29) is 37.4 Å². The lowest BCUT2D eigenvalue weighted by Crippen LogP contribution is -2.53. The van der Waals surface area contributed by atoms with Crippen LogP contribution in [0.3, 0.4) is 0 Å². The average Bonchev–Trinajstić information content (AvgIpc) is 3.13. The van der Waals surface area contributed by atoms with Crippen LogP contribution in [0.15, 0.2) is 24.4 Å². The van der Waals surface area contributed by atoms with Crippen molar-refractivity contribution in [1.29, 1.82) is 0 Å². The van der Waals surface area contributed by atoms with Gasteiger partial charge in [0.15, 0.2) is 0 Å². The molecular formula is C16H21BN6O6. The minimum Gasteiger partial charge on any atom is -0.534 e. The van der Waals surface area contributed by atoms with Gasteiger partial charge in [-0.05, 0) is 18.1 Å². The summed E-state index contributed by atoms with van der Waals surface area (Å²) in [6, 6.07) is 4.64. The second kappa shape index (κ2) is 9.00. The second-order valence-corrected chi connectivity index (χ2v) is 6.53. The molecule has 1 amide bonds. The highest BCUT2D eigenvalue weighted by atomic mass is 16.5. The van der Waals surface area contributed by atoms with E-state index in [1.54, 1.807) is 12.1 Å². The zero-order chi connectivity index (χ0) is 21.0. The summed E-state index contributed by atoms with van der Waals surface area (Å²) >= 11 is 0. The van der Waals surface area contributed by atoms with Crippen molar-refractivity contribution in [3.05, 3.63) is 41.2 Å². The Balaban J connectivity index is 1.58. The zero-order valence-electron chi connectivity index (χ0n) is 15.4. The number of aromatic nitrogens is 3. The van der Waals surface area contributed by atoms with Crippen LogP contribution in [0.5, 0.6) is 5.75 Å². The van der Waals surface area contributed by atoms with Gasteiger partial charge in [0.25, 0.3) is 0 Å². The number of carbonyl (C=O) groups is 2. The van der Waals surface area contributed by atoms with Crippen molar-refractivity contribution in [2.24, 2.45) is 5.73 Å². The van der Waals surface area contributed by atoms with Gasteiger partial charge in [-0.3, -0.25) is 10.1 Å². The van der Waals surface area contributed by atoms with Gasteiger partial charge in [-0.25, -0.2) is 9.48 Å². The van der Waals surface area contributed by atoms with Gasteiger partial charge in [-0.15, -0.1) is 5.10 Å². The van der Waals surface area contributed by atoms with Crippen LogP contribution < -0.4 is 21.0 Å². The maximum atomic E-state index is 12.3. The van der Waals surface area contributed by atoms with Gasteiger partial charge in [0.05, 0.1) is 23.4 Å². The van der Waals surface area contributed by atoms with Gasteiger partial charge in [0.1, 0.15) is 18.5 Å². The number of aliphatic hydroxyl groups is 1. The molecule has 12 nitrogen and oxygen atoms in total. The van der Waals surface area contributed by atoms with Crippen LogP contribution in [-0.4, -0.2) is 67.9 Å². The Bertz CT molecular complexity index is 893. The van der Waals surface area contributed by atoms with E-state index in [1.807, 2.05) is 0 Å². The van der Waals surface area contributed by atoms with Gasteiger partial charge in [0, 0.05) is 13.1 Å². The maximum Gasteiger partial charge on any atom is 0.547 e. The van der Waals surface area contributed by atoms with Gasteiger partial charge < -0.3 is 30.9 Å². The monoisotopic (exact) mass is 404 g/mol. The number of nitrogens with one attached hydrogen (secondary N) is 2. The van der Waals surface area contributed by atoms with Crippen LogP contribution in [0.4, 0.5) is 0 Å². The Morgan fingerprint density at radius 1 is 1.45 bits per heavy atom. The molecule has 1 aromatic heterocycles. The van der Waals surface area contributed by atoms with Gasteiger partial charge in [0.2, 0.25) is 5.91 Å². The molecule has 0 spiro atoms. The van der Waals surface area contributed by atoms with Crippen LogP contribution in [-0.2, 0) is 24.3 Å². The lowest BCUT2D eigenvalue weighted by molar-refractivity contribution is -0.122. The summed E-state index contributed by atoms with van der Waals surface area (Å²) in [5.41, 5.74) is 6.34. The third kappa shape index (κ3) is 5.09. The van der Waals surface area contributed by atoms with Gasteiger partial charge >= 0.3 is 13.1 Å². The minimum atomic E-state index is -1.39. The summed E-state index contributed by atoms with van der Waals surface area (Å²) in [4.78, 5) is 23.6. The molecule has 0 fully saturated rings. The van der Waals surface area contributed by atoms with Crippen LogP contribution in [0.25, 0.3) is 0 Å². The first kappa shape index (κ1) is 20.7. The molecule has 1 unspecified atom stereocenters. The molecule has 7 N–H and O–H groups in total. The molecule has 2 aromatic rings. The zero-order valence-corrected chi connectivity index (χ0v) is 15.4. The molecule has 0 bridgehead atoms. The fourth-order valence-corrected chi connectivity index (χ4v) is 2.92. The molecule has 154 valence electrons. The Kier molecular flexibility index (Phi) is 6.44. The van der Waals surface area contributed by atoms with Crippen molar-refractivity contribution in [2.75, 3.05) is 6.54 Å². The Hall–Kier alpha value is -3.00. The van der Waals surface area contributed by atoms with Crippen LogP contribution in [0.1, 0.15) is 21.6 Å². The number of nitrogens with two attached hydrogens (primary N) is 1. The molecular weight excluding hydrogens is 383 g/mol. The number of carboxylic acid groups (broad SMARTS) is 1. The molecule has 0 saturated heterocycles.